The number of aromatic nitrogens is 3. The summed E-state index contributed by atoms with van der Waals surface area (Å²) in [5.41, 5.74) is 1.10. The largest absolute Gasteiger partial charge is 0.497 e. The predicted octanol–water partition coefficient (Wildman–Crippen LogP) is 5.17. The number of furan rings is 1. The number of carbonyl (C=O) groups is 1. The summed E-state index contributed by atoms with van der Waals surface area (Å²) in [6, 6.07) is 11.8. The highest BCUT2D eigenvalue weighted by Gasteiger charge is 2.54. The van der Waals surface area contributed by atoms with Crippen LogP contribution >= 0.6 is 11.8 Å². The normalized spacial score (nSPS) is 26.7. The topological polar surface area (TPSA) is 73.4 Å². The highest BCUT2D eigenvalue weighted by Crippen LogP contribution is 2.58. The van der Waals surface area contributed by atoms with Crippen LogP contribution in [0.1, 0.15) is 44.1 Å². The second-order valence-corrected chi connectivity index (χ2v) is 11.5. The van der Waals surface area contributed by atoms with Gasteiger partial charge in [-0.05, 0) is 86.1 Å². The van der Waals surface area contributed by atoms with Crippen LogP contribution in [0.2, 0.25) is 0 Å². The van der Waals surface area contributed by atoms with Crippen molar-refractivity contribution in [1.82, 2.24) is 19.7 Å². The fraction of sp³-hybridized carbons (Fsp3) is 0.519. The molecule has 7 rings (SSSR count). The van der Waals surface area contributed by atoms with E-state index in [4.69, 9.17) is 9.15 Å². The van der Waals surface area contributed by atoms with E-state index in [1.807, 2.05) is 35.9 Å². The Kier molecular flexibility index (Phi) is 5.87. The van der Waals surface area contributed by atoms with E-state index in [9.17, 15) is 4.79 Å². The van der Waals surface area contributed by atoms with Gasteiger partial charge in [-0.3, -0.25) is 4.79 Å². The zero-order chi connectivity index (χ0) is 24.0. The molecule has 2 heterocycles. The van der Waals surface area contributed by atoms with Crippen molar-refractivity contribution in [3.05, 3.63) is 48.2 Å². The lowest BCUT2D eigenvalue weighted by Gasteiger charge is -2.60. The monoisotopic (exact) mass is 492 g/mol. The lowest BCUT2D eigenvalue weighted by molar-refractivity contribution is -0.149. The predicted molar refractivity (Wildman–Crippen MR) is 134 cm³/mol. The van der Waals surface area contributed by atoms with Crippen molar-refractivity contribution in [2.24, 2.45) is 24.8 Å². The average Bonchev–Trinajstić information content (AvgIpc) is 3.50. The molecule has 0 radical (unpaired) electrons. The van der Waals surface area contributed by atoms with Crippen LogP contribution in [0, 0.1) is 17.8 Å². The summed E-state index contributed by atoms with van der Waals surface area (Å²) in [4.78, 5) is 16.2. The van der Waals surface area contributed by atoms with Crippen molar-refractivity contribution in [2.75, 3.05) is 12.9 Å². The van der Waals surface area contributed by atoms with Gasteiger partial charge in [-0.25, -0.2) is 0 Å². The van der Waals surface area contributed by atoms with Gasteiger partial charge in [-0.2, -0.15) is 0 Å². The van der Waals surface area contributed by atoms with Gasteiger partial charge in [0.25, 0.3) is 0 Å². The Labute approximate surface area is 210 Å². The SMILES string of the molecule is COc1cccc(CN(C(=O)CSc2nnc(-c3ccco3)n2C)C23CC4CC(CC(C4)C2)C3)c1. The average molecular weight is 493 g/mol. The molecule has 4 aliphatic carbocycles. The molecule has 0 aliphatic heterocycles. The van der Waals surface area contributed by atoms with Gasteiger partial charge in [0.2, 0.25) is 5.91 Å². The lowest BCUT2D eigenvalue weighted by atomic mass is 9.52. The minimum Gasteiger partial charge on any atom is -0.497 e. The second kappa shape index (κ2) is 9.04. The molecule has 3 aromatic rings. The van der Waals surface area contributed by atoms with Crippen LogP contribution in [0.3, 0.4) is 0 Å². The van der Waals surface area contributed by atoms with E-state index in [-0.39, 0.29) is 11.4 Å². The molecule has 4 saturated carbocycles. The van der Waals surface area contributed by atoms with Crippen LogP contribution in [0.15, 0.2) is 52.2 Å². The van der Waals surface area contributed by atoms with Crippen LogP contribution in [-0.2, 0) is 18.4 Å². The molecule has 0 atom stereocenters. The first kappa shape index (κ1) is 22.7. The molecular formula is C27H32N4O3S. The zero-order valence-corrected chi connectivity index (χ0v) is 21.2. The van der Waals surface area contributed by atoms with Gasteiger partial charge >= 0.3 is 0 Å². The Morgan fingerprint density at radius 2 is 1.89 bits per heavy atom. The maximum absolute atomic E-state index is 13.9. The Hall–Kier alpha value is -2.74. The number of thioether (sulfide) groups is 1. The molecule has 0 N–H and O–H groups in total. The summed E-state index contributed by atoms with van der Waals surface area (Å²) in [6.07, 6.45) is 9.11. The number of amides is 1. The summed E-state index contributed by atoms with van der Waals surface area (Å²) >= 11 is 1.46. The van der Waals surface area contributed by atoms with Crippen molar-refractivity contribution in [3.8, 4) is 17.3 Å². The van der Waals surface area contributed by atoms with Gasteiger partial charge in [0, 0.05) is 19.1 Å². The number of nitrogens with zero attached hydrogens (tertiary/aromatic N) is 4. The van der Waals surface area contributed by atoms with Gasteiger partial charge in [-0.15, -0.1) is 10.2 Å². The third-order valence-corrected chi connectivity index (χ3v) is 9.26. The Balaban J connectivity index is 1.25. The first-order chi connectivity index (χ1) is 17.0. The van der Waals surface area contributed by atoms with Gasteiger partial charge in [0.15, 0.2) is 16.7 Å². The first-order valence-corrected chi connectivity index (χ1v) is 13.5. The van der Waals surface area contributed by atoms with E-state index in [1.165, 1.54) is 31.0 Å². The van der Waals surface area contributed by atoms with Crippen LogP contribution in [0.25, 0.3) is 11.6 Å². The van der Waals surface area contributed by atoms with Crippen molar-refractivity contribution < 1.29 is 13.9 Å². The van der Waals surface area contributed by atoms with Gasteiger partial charge < -0.3 is 18.6 Å². The van der Waals surface area contributed by atoms with Crippen molar-refractivity contribution in [2.45, 2.75) is 55.8 Å². The number of hydrogen-bond donors (Lipinski definition) is 0. The first-order valence-electron chi connectivity index (χ1n) is 12.5. The number of benzene rings is 1. The molecule has 4 aliphatic rings. The molecule has 4 bridgehead atoms. The number of rotatable bonds is 8. The smallest absolute Gasteiger partial charge is 0.233 e. The molecule has 0 unspecified atom stereocenters. The van der Waals surface area contributed by atoms with Gasteiger partial charge in [0.1, 0.15) is 5.75 Å². The van der Waals surface area contributed by atoms with E-state index in [0.717, 1.165) is 53.5 Å². The lowest BCUT2D eigenvalue weighted by Crippen LogP contribution is -2.61. The Morgan fingerprint density at radius 1 is 1.14 bits per heavy atom. The summed E-state index contributed by atoms with van der Waals surface area (Å²) in [6.45, 7) is 0.624. The van der Waals surface area contributed by atoms with Crippen LogP contribution < -0.4 is 4.74 Å². The molecule has 2 aromatic heterocycles. The molecule has 1 amide bonds. The third-order valence-electron chi connectivity index (χ3n) is 8.26. The third kappa shape index (κ3) is 4.26. The summed E-state index contributed by atoms with van der Waals surface area (Å²) < 4.78 is 12.8. The van der Waals surface area contributed by atoms with E-state index >= 15 is 0 Å². The van der Waals surface area contributed by atoms with Crippen molar-refractivity contribution in [3.63, 3.8) is 0 Å². The summed E-state index contributed by atoms with van der Waals surface area (Å²) in [7, 11) is 3.60. The van der Waals surface area contributed by atoms with Gasteiger partial charge in [0.05, 0.1) is 19.1 Å². The highest BCUT2D eigenvalue weighted by molar-refractivity contribution is 7.99. The number of ether oxygens (including phenoxy) is 1. The van der Waals surface area contributed by atoms with Crippen LogP contribution in [0.4, 0.5) is 0 Å². The highest BCUT2D eigenvalue weighted by atomic mass is 32.2. The van der Waals surface area contributed by atoms with E-state index < -0.39 is 0 Å². The molecule has 1 aromatic carbocycles. The molecule has 0 spiro atoms. The fourth-order valence-electron chi connectivity index (χ4n) is 7.13. The van der Waals surface area contributed by atoms with Crippen molar-refractivity contribution in [1.29, 1.82) is 0 Å². The van der Waals surface area contributed by atoms with Crippen LogP contribution in [0.5, 0.6) is 5.75 Å². The molecule has 35 heavy (non-hydrogen) atoms. The molecule has 4 fully saturated rings. The van der Waals surface area contributed by atoms with E-state index in [2.05, 4.69) is 27.2 Å². The Morgan fingerprint density at radius 3 is 2.54 bits per heavy atom. The minimum atomic E-state index is -0.0192. The summed E-state index contributed by atoms with van der Waals surface area (Å²) in [5, 5.41) is 9.33. The van der Waals surface area contributed by atoms with Gasteiger partial charge in [-0.1, -0.05) is 23.9 Å². The minimum absolute atomic E-state index is 0.0192. The van der Waals surface area contributed by atoms with E-state index in [0.29, 0.717) is 23.9 Å². The standard InChI is InChI=1S/C27H32N4O3S/c1-30-25(23-7-4-8-34-23)28-29-26(30)35-17-24(32)31(16-18-5-3-6-22(12-18)33-2)27-13-19-9-20(14-27)11-21(10-19)15-27/h3-8,12,19-21H,9-11,13-17H2,1-2H3. The molecule has 184 valence electrons. The van der Waals surface area contributed by atoms with Crippen molar-refractivity contribution >= 4 is 17.7 Å². The molecular weight excluding hydrogens is 460 g/mol. The quantitative estimate of drug-likeness (QED) is 0.404. The zero-order valence-electron chi connectivity index (χ0n) is 20.4. The molecule has 0 saturated heterocycles. The maximum Gasteiger partial charge on any atom is 0.233 e. The second-order valence-electron chi connectivity index (χ2n) is 10.6. The van der Waals surface area contributed by atoms with E-state index in [1.54, 1.807) is 13.4 Å². The molecule has 8 heteroatoms. The fourth-order valence-corrected chi connectivity index (χ4v) is 7.92. The number of carbonyl (C=O) groups excluding carboxylic acids is 1. The van der Waals surface area contributed by atoms with Crippen LogP contribution in [-0.4, -0.2) is 44.0 Å². The molecule has 7 nitrogen and oxygen atoms in total. The Bertz CT molecular complexity index is 1170. The number of methoxy groups -OCH3 is 1. The summed E-state index contributed by atoms with van der Waals surface area (Å²) in [5.74, 6) is 5.00. The maximum atomic E-state index is 13.9. The number of hydrogen-bond acceptors (Lipinski definition) is 6.